The van der Waals surface area contributed by atoms with Crippen LogP contribution in [0.4, 0.5) is 0 Å². The first-order valence-corrected chi connectivity index (χ1v) is 10.1. The largest absolute Gasteiger partial charge is 0.387 e. The summed E-state index contributed by atoms with van der Waals surface area (Å²) in [6.07, 6.45) is 9.29. The minimum atomic E-state index is 0.0310. The van der Waals surface area contributed by atoms with Crippen LogP contribution in [0.25, 0.3) is 22.0 Å². The quantitative estimate of drug-likeness (QED) is 0.424. The zero-order valence-electron chi connectivity index (χ0n) is 17.7. The summed E-state index contributed by atoms with van der Waals surface area (Å²) in [6, 6.07) is 8.56. The zero-order chi connectivity index (χ0) is 22.0. The summed E-state index contributed by atoms with van der Waals surface area (Å²) in [5.74, 6) is 0.385. The molecule has 0 bridgehead atoms. The second-order valence-corrected chi connectivity index (χ2v) is 8.02. The van der Waals surface area contributed by atoms with E-state index in [2.05, 4.69) is 45.4 Å². The monoisotopic (exact) mass is 414 g/mol. The molecule has 4 rings (SSSR count). The predicted octanol–water partition coefficient (Wildman–Crippen LogP) is 3.06. The Bertz CT molecular complexity index is 1200. The van der Waals surface area contributed by atoms with Crippen molar-refractivity contribution in [2.24, 2.45) is 10.7 Å². The minimum absolute atomic E-state index is 0.0310. The van der Waals surface area contributed by atoms with Gasteiger partial charge in [0.05, 0.1) is 17.8 Å². The van der Waals surface area contributed by atoms with Gasteiger partial charge in [0.25, 0.3) is 0 Å². The fourth-order valence-electron chi connectivity index (χ4n) is 3.61. The SMILES string of the molecule is CC(=N)/C=C\C(=N)N=C(N)Cc1ccc2ncc(-c3cnn(C4CN(C)C4)c3)cc2c1. The normalized spacial score (nSPS) is 15.5. The molecule has 8 nitrogen and oxygen atoms in total. The number of hydrogen-bond donors (Lipinski definition) is 3. The fourth-order valence-corrected chi connectivity index (χ4v) is 3.61. The van der Waals surface area contributed by atoms with Crippen LogP contribution in [-0.4, -0.2) is 57.2 Å². The van der Waals surface area contributed by atoms with E-state index < -0.39 is 0 Å². The van der Waals surface area contributed by atoms with Crippen molar-refractivity contribution in [2.45, 2.75) is 19.4 Å². The molecule has 0 radical (unpaired) electrons. The van der Waals surface area contributed by atoms with Crippen molar-refractivity contribution in [3.05, 3.63) is 60.6 Å². The van der Waals surface area contributed by atoms with Gasteiger partial charge in [0.15, 0.2) is 0 Å². The van der Waals surface area contributed by atoms with E-state index in [0.29, 0.717) is 24.0 Å². The highest BCUT2D eigenvalue weighted by atomic mass is 15.4. The molecule has 3 heterocycles. The van der Waals surface area contributed by atoms with Crippen LogP contribution in [0.2, 0.25) is 0 Å². The zero-order valence-corrected chi connectivity index (χ0v) is 17.7. The van der Waals surface area contributed by atoms with Crippen LogP contribution < -0.4 is 5.73 Å². The smallest absolute Gasteiger partial charge is 0.146 e. The highest BCUT2D eigenvalue weighted by Crippen LogP contribution is 2.26. The maximum Gasteiger partial charge on any atom is 0.146 e. The van der Waals surface area contributed by atoms with Gasteiger partial charge < -0.3 is 16.0 Å². The van der Waals surface area contributed by atoms with Gasteiger partial charge in [-0.15, -0.1) is 0 Å². The van der Waals surface area contributed by atoms with Gasteiger partial charge in [-0.05, 0) is 49.9 Å². The number of nitrogens with zero attached hydrogens (tertiary/aromatic N) is 5. The first kappa shape index (κ1) is 20.6. The average molecular weight is 415 g/mol. The van der Waals surface area contributed by atoms with Crippen LogP contribution in [-0.2, 0) is 6.42 Å². The molecule has 0 unspecified atom stereocenters. The first-order chi connectivity index (χ1) is 14.9. The molecule has 1 aromatic carbocycles. The number of amidine groups is 2. The van der Waals surface area contributed by atoms with Crippen LogP contribution in [0.3, 0.4) is 0 Å². The molecule has 31 heavy (non-hydrogen) atoms. The Balaban J connectivity index is 1.52. The van der Waals surface area contributed by atoms with E-state index in [1.54, 1.807) is 6.92 Å². The highest BCUT2D eigenvalue weighted by Gasteiger charge is 2.25. The molecular weight excluding hydrogens is 388 g/mol. The molecule has 3 aromatic rings. The molecule has 1 saturated heterocycles. The number of allylic oxidation sites excluding steroid dienone is 1. The van der Waals surface area contributed by atoms with Gasteiger partial charge in [0, 0.05) is 54.1 Å². The Morgan fingerprint density at radius 1 is 1.19 bits per heavy atom. The summed E-state index contributed by atoms with van der Waals surface area (Å²) in [4.78, 5) is 11.0. The lowest BCUT2D eigenvalue weighted by Gasteiger charge is -2.36. The number of likely N-dealkylation sites (N-methyl/N-ethyl adjacent to an activating group) is 1. The molecule has 0 amide bonds. The van der Waals surface area contributed by atoms with E-state index in [0.717, 1.165) is 40.7 Å². The predicted molar refractivity (Wildman–Crippen MR) is 125 cm³/mol. The third kappa shape index (κ3) is 4.92. The lowest BCUT2D eigenvalue weighted by atomic mass is 10.0. The van der Waals surface area contributed by atoms with Crippen molar-refractivity contribution in [3.8, 4) is 11.1 Å². The van der Waals surface area contributed by atoms with Crippen molar-refractivity contribution < 1.29 is 0 Å². The van der Waals surface area contributed by atoms with E-state index in [9.17, 15) is 0 Å². The number of nitrogens with two attached hydrogens (primary N) is 1. The third-order valence-corrected chi connectivity index (χ3v) is 5.24. The van der Waals surface area contributed by atoms with Gasteiger partial charge >= 0.3 is 0 Å². The molecule has 8 heteroatoms. The lowest BCUT2D eigenvalue weighted by molar-refractivity contribution is 0.130. The second-order valence-electron chi connectivity index (χ2n) is 8.02. The van der Waals surface area contributed by atoms with E-state index in [1.165, 1.54) is 12.2 Å². The summed E-state index contributed by atoms with van der Waals surface area (Å²) < 4.78 is 2.04. The standard InChI is InChI=1S/C23H26N8/c1-15(24)3-6-22(25)29-23(26)8-16-4-5-21-17(7-16)9-18(10-27-21)19-11-28-31(12-19)20-13-30(2)14-20/h3-7,9-12,20,24H,8,13-14H2,1-2H3,(H3,25,26,29)/b6-3-,24-15?. The molecule has 0 spiro atoms. The van der Waals surface area contributed by atoms with Gasteiger partial charge in [-0.3, -0.25) is 15.1 Å². The molecule has 0 atom stereocenters. The lowest BCUT2D eigenvalue weighted by Crippen LogP contribution is -2.45. The average Bonchev–Trinajstić information content (AvgIpc) is 3.19. The number of aliphatic imine (C=N–C) groups is 1. The third-order valence-electron chi connectivity index (χ3n) is 5.24. The Morgan fingerprint density at radius 2 is 2.00 bits per heavy atom. The first-order valence-electron chi connectivity index (χ1n) is 10.1. The van der Waals surface area contributed by atoms with E-state index in [1.807, 2.05) is 29.2 Å². The van der Waals surface area contributed by atoms with Crippen LogP contribution in [0.5, 0.6) is 0 Å². The van der Waals surface area contributed by atoms with Crippen molar-refractivity contribution in [1.29, 1.82) is 10.8 Å². The molecule has 158 valence electrons. The number of rotatable bonds is 6. The molecule has 1 aliphatic heterocycles. The molecule has 1 aliphatic rings. The van der Waals surface area contributed by atoms with Gasteiger partial charge in [-0.1, -0.05) is 6.07 Å². The van der Waals surface area contributed by atoms with Crippen LogP contribution in [0.1, 0.15) is 18.5 Å². The Morgan fingerprint density at radius 3 is 2.74 bits per heavy atom. The fraction of sp³-hybridized carbons (Fsp3) is 0.261. The number of pyridine rings is 1. The van der Waals surface area contributed by atoms with Crippen LogP contribution >= 0.6 is 0 Å². The molecule has 1 fully saturated rings. The van der Waals surface area contributed by atoms with Crippen LogP contribution in [0, 0.1) is 10.8 Å². The van der Waals surface area contributed by atoms with Crippen LogP contribution in [0.15, 0.2) is 60.0 Å². The van der Waals surface area contributed by atoms with Crippen molar-refractivity contribution in [2.75, 3.05) is 20.1 Å². The topological polar surface area (TPSA) is 120 Å². The van der Waals surface area contributed by atoms with Crippen molar-refractivity contribution >= 4 is 28.3 Å². The summed E-state index contributed by atoms with van der Waals surface area (Å²) in [5, 5.41) is 20.7. The summed E-state index contributed by atoms with van der Waals surface area (Å²) in [7, 11) is 2.11. The maximum atomic E-state index is 7.82. The summed E-state index contributed by atoms with van der Waals surface area (Å²) in [6.45, 7) is 3.69. The maximum absolute atomic E-state index is 7.82. The van der Waals surface area contributed by atoms with Gasteiger partial charge in [-0.25, -0.2) is 4.99 Å². The van der Waals surface area contributed by atoms with Crippen molar-refractivity contribution in [1.82, 2.24) is 19.7 Å². The molecule has 0 saturated carbocycles. The van der Waals surface area contributed by atoms with Gasteiger partial charge in [-0.2, -0.15) is 5.10 Å². The number of nitrogens with one attached hydrogen (secondary N) is 2. The number of aromatic nitrogens is 3. The Hall–Kier alpha value is -3.65. The highest BCUT2D eigenvalue weighted by molar-refractivity contribution is 6.04. The molecule has 4 N–H and O–H groups in total. The number of hydrogen-bond acceptors (Lipinski definition) is 5. The number of benzene rings is 1. The molecule has 0 aliphatic carbocycles. The van der Waals surface area contributed by atoms with Gasteiger partial charge in [0.2, 0.25) is 0 Å². The summed E-state index contributed by atoms with van der Waals surface area (Å²) in [5.41, 5.74) is 10.4. The Kier molecular flexibility index (Phi) is 5.73. The Labute approximate surface area is 181 Å². The van der Waals surface area contributed by atoms with E-state index >= 15 is 0 Å². The second kappa shape index (κ2) is 8.61. The molecular formula is C23H26N8. The van der Waals surface area contributed by atoms with Gasteiger partial charge in [0.1, 0.15) is 11.7 Å². The minimum Gasteiger partial charge on any atom is -0.387 e. The number of fused-ring (bicyclic) bond motifs is 1. The van der Waals surface area contributed by atoms with E-state index in [-0.39, 0.29) is 5.84 Å². The van der Waals surface area contributed by atoms with E-state index in [4.69, 9.17) is 16.6 Å². The molecule has 2 aromatic heterocycles. The number of likely N-dealkylation sites (tertiary alicyclic amines) is 1. The van der Waals surface area contributed by atoms with Crippen molar-refractivity contribution in [3.63, 3.8) is 0 Å². The summed E-state index contributed by atoms with van der Waals surface area (Å²) >= 11 is 0.